The molecule has 0 radical (unpaired) electrons. The number of benzene rings is 6. The van der Waals surface area contributed by atoms with Crippen LogP contribution in [-0.4, -0.2) is 21.0 Å². The average Bonchev–Trinajstić information content (AvgIpc) is 3.11. The molecule has 5 nitrogen and oxygen atoms in total. The van der Waals surface area contributed by atoms with Crippen molar-refractivity contribution in [3.8, 4) is 56.2 Å². The summed E-state index contributed by atoms with van der Waals surface area (Å²) in [4.78, 5) is 10.1. The molecule has 222 valence electrons. The topological polar surface area (TPSA) is 88.7 Å². The van der Waals surface area contributed by atoms with Gasteiger partial charge in [0.05, 0.1) is 17.0 Å². The second-order valence-electron chi connectivity index (χ2n) is 11.5. The van der Waals surface area contributed by atoms with Crippen LogP contribution in [0.4, 0.5) is 0 Å². The van der Waals surface area contributed by atoms with Crippen LogP contribution in [0.5, 0.6) is 0 Å². The molecular formula is C41H34N4O+2. The average molecular weight is 599 g/mol. The minimum atomic E-state index is 0.166. The van der Waals surface area contributed by atoms with Gasteiger partial charge in [-0.2, -0.15) is 0 Å². The first-order chi connectivity index (χ1) is 22.5. The van der Waals surface area contributed by atoms with E-state index in [1.807, 2.05) is 30.3 Å². The lowest BCUT2D eigenvalue weighted by Crippen LogP contribution is -2.41. The molecule has 0 amide bonds. The summed E-state index contributed by atoms with van der Waals surface area (Å²) in [6, 6.07) is 48.2. The monoisotopic (exact) mass is 598 g/mol. The first-order valence-corrected chi connectivity index (χ1v) is 15.3. The smallest absolute Gasteiger partial charge is 0.410 e. The molecule has 0 aliphatic carbocycles. The zero-order chi connectivity index (χ0) is 31.6. The third-order valence-electron chi connectivity index (χ3n) is 8.51. The molecule has 6 aromatic carbocycles. The molecule has 0 unspecified atom stereocenters. The van der Waals surface area contributed by atoms with Gasteiger partial charge in [-0.3, -0.25) is 0 Å². The van der Waals surface area contributed by atoms with Gasteiger partial charge in [-0.25, -0.2) is 15.8 Å². The van der Waals surface area contributed by atoms with Gasteiger partial charge >= 0.3 is 5.90 Å². The summed E-state index contributed by atoms with van der Waals surface area (Å²) in [5.41, 5.74) is 12.4. The van der Waals surface area contributed by atoms with Gasteiger partial charge < -0.3 is 5.11 Å². The van der Waals surface area contributed by atoms with Crippen LogP contribution in [0, 0.1) is 13.8 Å². The van der Waals surface area contributed by atoms with Crippen molar-refractivity contribution in [2.45, 2.75) is 13.8 Å². The first kappa shape index (κ1) is 28.8. The molecule has 5 heteroatoms. The Kier molecular flexibility index (Phi) is 7.67. The molecule has 0 saturated carbocycles. The molecule has 0 spiro atoms. The molecule has 0 aliphatic rings. The van der Waals surface area contributed by atoms with Crippen LogP contribution in [0.25, 0.3) is 66.9 Å². The fraction of sp³-hybridized carbons (Fsp3) is 0.0488. The molecule has 0 aliphatic heterocycles. The lowest BCUT2D eigenvalue weighted by Gasteiger charge is -2.13. The molecule has 7 rings (SSSR count). The number of nitrogens with zero attached hydrogens (tertiary/aromatic N) is 3. The third kappa shape index (κ3) is 5.56. The highest BCUT2D eigenvalue weighted by Crippen LogP contribution is 2.36. The number of quaternary nitrogens is 1. The summed E-state index contributed by atoms with van der Waals surface area (Å²) in [6.45, 7) is 4.22. The predicted molar refractivity (Wildman–Crippen MR) is 189 cm³/mol. The Hall–Kier alpha value is -5.91. The van der Waals surface area contributed by atoms with Gasteiger partial charge in [0.1, 0.15) is 0 Å². The van der Waals surface area contributed by atoms with Gasteiger partial charge in [-0.15, -0.1) is 0 Å². The van der Waals surface area contributed by atoms with Crippen LogP contribution in [0.1, 0.15) is 16.7 Å². The fourth-order valence-electron chi connectivity index (χ4n) is 6.01. The second kappa shape index (κ2) is 12.2. The zero-order valence-electron chi connectivity index (χ0n) is 25.8. The van der Waals surface area contributed by atoms with Gasteiger partial charge in [0, 0.05) is 21.8 Å². The lowest BCUT2D eigenvalue weighted by atomic mass is 9.92. The van der Waals surface area contributed by atoms with Crippen LogP contribution in [0.2, 0.25) is 0 Å². The molecule has 0 bridgehead atoms. The maximum absolute atomic E-state index is 8.18. The summed E-state index contributed by atoms with van der Waals surface area (Å²) in [6.07, 6.45) is 0. The minimum absolute atomic E-state index is 0.166. The molecule has 0 atom stereocenters. The second-order valence-corrected chi connectivity index (χ2v) is 11.5. The van der Waals surface area contributed by atoms with E-state index in [1.165, 1.54) is 5.56 Å². The maximum Gasteiger partial charge on any atom is 0.410 e. The highest BCUT2D eigenvalue weighted by molar-refractivity contribution is 6.01. The quantitative estimate of drug-likeness (QED) is 0.0905. The van der Waals surface area contributed by atoms with E-state index >= 15 is 0 Å². The largest absolute Gasteiger partial charge is 0.575 e. The van der Waals surface area contributed by atoms with E-state index in [9.17, 15) is 0 Å². The Morgan fingerprint density at radius 1 is 0.543 bits per heavy atom. The fourth-order valence-corrected chi connectivity index (χ4v) is 6.01. The van der Waals surface area contributed by atoms with Gasteiger partial charge in [0.2, 0.25) is 0 Å². The highest BCUT2D eigenvalue weighted by Gasteiger charge is 2.15. The van der Waals surface area contributed by atoms with Crippen LogP contribution in [0.3, 0.4) is 0 Å². The number of hydrogen-bond acceptors (Lipinski definition) is 3. The molecule has 1 aromatic heterocycles. The van der Waals surface area contributed by atoms with E-state index in [4.69, 9.17) is 15.1 Å². The zero-order valence-corrected chi connectivity index (χ0v) is 25.8. The number of aromatic nitrogens is 2. The maximum atomic E-state index is 8.18. The van der Waals surface area contributed by atoms with E-state index in [2.05, 4.69) is 134 Å². The Balaban J connectivity index is 1.33. The molecular weight excluding hydrogens is 564 g/mol. The van der Waals surface area contributed by atoms with E-state index < -0.39 is 0 Å². The lowest BCUT2D eigenvalue weighted by molar-refractivity contribution is -0.373. The van der Waals surface area contributed by atoms with Crippen molar-refractivity contribution < 1.29 is 10.9 Å². The first-order valence-electron chi connectivity index (χ1n) is 15.3. The van der Waals surface area contributed by atoms with E-state index in [-0.39, 0.29) is 5.90 Å². The van der Waals surface area contributed by atoms with Crippen molar-refractivity contribution >= 4 is 16.7 Å². The van der Waals surface area contributed by atoms with Crippen molar-refractivity contribution in [1.82, 2.24) is 9.97 Å². The normalized spacial score (nSPS) is 11.6. The molecule has 7 aromatic rings. The third-order valence-corrected chi connectivity index (χ3v) is 8.51. The molecule has 0 saturated heterocycles. The molecule has 0 fully saturated rings. The van der Waals surface area contributed by atoms with Gasteiger partial charge in [-0.1, -0.05) is 109 Å². The van der Waals surface area contributed by atoms with E-state index in [0.29, 0.717) is 0 Å². The van der Waals surface area contributed by atoms with Gasteiger partial charge in [0.15, 0.2) is 5.82 Å². The molecule has 5 N–H and O–H groups in total. The van der Waals surface area contributed by atoms with Gasteiger partial charge in [0.25, 0.3) is 0 Å². The van der Waals surface area contributed by atoms with Crippen molar-refractivity contribution in [3.05, 3.63) is 156 Å². The van der Waals surface area contributed by atoms with Gasteiger partial charge in [-0.05, 0) is 88.3 Å². The van der Waals surface area contributed by atoms with Crippen molar-refractivity contribution in [2.24, 2.45) is 5.10 Å². The van der Waals surface area contributed by atoms with Crippen LogP contribution >= 0.6 is 0 Å². The van der Waals surface area contributed by atoms with Crippen molar-refractivity contribution in [1.29, 1.82) is 0 Å². The van der Waals surface area contributed by atoms with Crippen molar-refractivity contribution in [3.63, 3.8) is 0 Å². The van der Waals surface area contributed by atoms with Crippen LogP contribution in [-0.2, 0) is 0 Å². The Bertz CT molecular complexity index is 2190. The summed E-state index contributed by atoms with van der Waals surface area (Å²) in [5, 5.41) is 14.3. The number of fused-ring (bicyclic) bond motifs is 1. The van der Waals surface area contributed by atoms with E-state index in [1.54, 1.807) is 0 Å². The number of rotatable bonds is 6. The highest BCUT2D eigenvalue weighted by atomic mass is 16.3. The van der Waals surface area contributed by atoms with E-state index in [0.717, 1.165) is 78.1 Å². The summed E-state index contributed by atoms with van der Waals surface area (Å²) >= 11 is 0. The Morgan fingerprint density at radius 3 is 1.93 bits per heavy atom. The molecule has 46 heavy (non-hydrogen) atoms. The van der Waals surface area contributed by atoms with Crippen molar-refractivity contribution in [2.75, 3.05) is 0 Å². The SMILES string of the molecule is Cc1ccccc1-c1cc(-c2ccc(-c3cc(-c4cccc(C([OH2+])=N[NH3+])c4)c4ccccc4c3)cc2)nc(-c2ccccc2C)n1. The summed E-state index contributed by atoms with van der Waals surface area (Å²) in [5.74, 6) is 4.42. The predicted octanol–water partition coefficient (Wildman–Crippen LogP) is 8.21. The Morgan fingerprint density at radius 2 is 1.20 bits per heavy atom. The van der Waals surface area contributed by atoms with Crippen LogP contribution in [0.15, 0.2) is 145 Å². The summed E-state index contributed by atoms with van der Waals surface area (Å²) in [7, 11) is 0. The minimum Gasteiger partial charge on any atom is -0.575 e. The summed E-state index contributed by atoms with van der Waals surface area (Å²) < 4.78 is 0. The number of aryl methyl sites for hydroxylation is 2. The number of hydrogen-bond donors (Lipinski definition) is 1. The molecule has 1 heterocycles. The Labute approximate surface area is 268 Å². The standard InChI is InChI=1S/C41H32N4O/c1-26-10-3-6-15-34(26)39-25-38(43-40(44-39)35-16-7-4-11-27(35)2)29-20-18-28(19-21-29)33-23-30-12-5-8-17-36(30)37(24-33)31-13-9-14-32(22-31)41(46)45-42/h3-25H,42H2,1-2H3,(H,45,46)/p+2. The van der Waals surface area contributed by atoms with Crippen LogP contribution < -0.4 is 5.84 Å².